The molecular formula is C20H24Cl2N4O2S. The summed E-state index contributed by atoms with van der Waals surface area (Å²) < 4.78 is 0. The number of benzene rings is 1. The predicted octanol–water partition coefficient (Wildman–Crippen LogP) is 5.04. The molecule has 9 heteroatoms. The number of anilines is 2. The monoisotopic (exact) mass is 454 g/mol. The second-order valence-electron chi connectivity index (χ2n) is 7.83. The van der Waals surface area contributed by atoms with Gasteiger partial charge in [0.2, 0.25) is 0 Å². The van der Waals surface area contributed by atoms with Gasteiger partial charge in [-0.15, -0.1) is 11.3 Å². The standard InChI is InChI=1S/C20H24Cl2N4O2S/c1-20(2,3)15-11-12(18(27)26-9-7-23-8-10-26)17(29-15)25-19(28)24-14-6-4-5-13(21)16(14)22/h4-6,11,23H,7-10H2,1-3H3,(H2,24,25,28). The molecule has 0 saturated carbocycles. The van der Waals surface area contributed by atoms with Gasteiger partial charge >= 0.3 is 6.03 Å². The second-order valence-corrected chi connectivity index (χ2v) is 9.66. The van der Waals surface area contributed by atoms with E-state index in [4.69, 9.17) is 23.2 Å². The van der Waals surface area contributed by atoms with Gasteiger partial charge in [0.15, 0.2) is 0 Å². The quantitative estimate of drug-likeness (QED) is 0.607. The van der Waals surface area contributed by atoms with Crippen LogP contribution < -0.4 is 16.0 Å². The van der Waals surface area contributed by atoms with Crippen molar-refractivity contribution in [1.29, 1.82) is 0 Å². The van der Waals surface area contributed by atoms with E-state index in [0.29, 0.717) is 34.4 Å². The van der Waals surface area contributed by atoms with Crippen LogP contribution in [0.1, 0.15) is 36.0 Å². The van der Waals surface area contributed by atoms with Gasteiger partial charge in [-0.2, -0.15) is 0 Å². The molecule has 3 amide bonds. The van der Waals surface area contributed by atoms with Crippen LogP contribution in [0, 0.1) is 0 Å². The summed E-state index contributed by atoms with van der Waals surface area (Å²) in [5.41, 5.74) is 0.768. The predicted molar refractivity (Wildman–Crippen MR) is 121 cm³/mol. The summed E-state index contributed by atoms with van der Waals surface area (Å²) in [5, 5.41) is 9.90. The number of rotatable bonds is 3. The number of halogens is 2. The summed E-state index contributed by atoms with van der Waals surface area (Å²) in [6.45, 7) is 9.04. The van der Waals surface area contributed by atoms with E-state index in [2.05, 4.69) is 36.7 Å². The van der Waals surface area contributed by atoms with Gasteiger partial charge in [0.05, 0.1) is 21.3 Å². The van der Waals surface area contributed by atoms with Gasteiger partial charge in [-0.1, -0.05) is 50.0 Å². The topological polar surface area (TPSA) is 73.5 Å². The van der Waals surface area contributed by atoms with E-state index in [-0.39, 0.29) is 16.3 Å². The number of amides is 3. The molecule has 0 aliphatic carbocycles. The van der Waals surface area contributed by atoms with Crippen molar-refractivity contribution in [3.8, 4) is 0 Å². The van der Waals surface area contributed by atoms with Crippen LogP contribution in [0.15, 0.2) is 24.3 Å². The Labute approximate surface area is 184 Å². The fourth-order valence-corrected chi connectivity index (χ4v) is 4.36. The number of carbonyl (C=O) groups is 2. The van der Waals surface area contributed by atoms with Crippen LogP contribution in [0.5, 0.6) is 0 Å². The average molecular weight is 455 g/mol. The number of hydrogen-bond donors (Lipinski definition) is 3. The minimum absolute atomic E-state index is 0.0747. The third-order valence-electron chi connectivity index (χ3n) is 4.53. The molecule has 29 heavy (non-hydrogen) atoms. The fourth-order valence-electron chi connectivity index (χ4n) is 2.91. The van der Waals surface area contributed by atoms with Crippen LogP contribution in [0.3, 0.4) is 0 Å². The molecule has 0 spiro atoms. The summed E-state index contributed by atoms with van der Waals surface area (Å²) >= 11 is 13.6. The Hall–Kier alpha value is -1.80. The van der Waals surface area contributed by atoms with Crippen LogP contribution in [-0.2, 0) is 5.41 Å². The van der Waals surface area contributed by atoms with Crippen molar-refractivity contribution in [3.63, 3.8) is 0 Å². The van der Waals surface area contributed by atoms with Gasteiger partial charge in [0, 0.05) is 31.1 Å². The first kappa shape index (κ1) is 21.9. The van der Waals surface area contributed by atoms with E-state index in [9.17, 15) is 9.59 Å². The molecule has 1 aliphatic heterocycles. The van der Waals surface area contributed by atoms with Crippen molar-refractivity contribution in [1.82, 2.24) is 10.2 Å². The van der Waals surface area contributed by atoms with Gasteiger partial charge in [0.25, 0.3) is 5.91 Å². The van der Waals surface area contributed by atoms with Gasteiger partial charge in [-0.05, 0) is 23.6 Å². The molecule has 3 rings (SSSR count). The molecular weight excluding hydrogens is 431 g/mol. The van der Waals surface area contributed by atoms with Crippen LogP contribution in [0.25, 0.3) is 0 Å². The Morgan fingerprint density at radius 1 is 1.14 bits per heavy atom. The summed E-state index contributed by atoms with van der Waals surface area (Å²) in [7, 11) is 0. The largest absolute Gasteiger partial charge is 0.336 e. The number of nitrogens with one attached hydrogen (secondary N) is 3. The SMILES string of the molecule is CC(C)(C)c1cc(C(=O)N2CCNCC2)c(NC(=O)Nc2cccc(Cl)c2Cl)s1. The molecule has 6 nitrogen and oxygen atoms in total. The van der Waals surface area contributed by atoms with Crippen molar-refractivity contribution >= 4 is 57.2 Å². The number of hydrogen-bond acceptors (Lipinski definition) is 4. The number of urea groups is 1. The average Bonchev–Trinajstić information content (AvgIpc) is 3.09. The Morgan fingerprint density at radius 2 is 1.83 bits per heavy atom. The lowest BCUT2D eigenvalue weighted by atomic mass is 9.94. The lowest BCUT2D eigenvalue weighted by molar-refractivity contribution is 0.0737. The van der Waals surface area contributed by atoms with Gasteiger partial charge in [-0.25, -0.2) is 4.79 Å². The number of thiophene rings is 1. The third kappa shape index (κ3) is 5.22. The molecule has 2 heterocycles. The zero-order valence-corrected chi connectivity index (χ0v) is 18.9. The van der Waals surface area contributed by atoms with E-state index in [1.807, 2.05) is 11.0 Å². The molecule has 1 aliphatic rings. The Kier molecular flexibility index (Phi) is 6.73. The van der Waals surface area contributed by atoms with E-state index in [1.54, 1.807) is 18.2 Å². The molecule has 1 aromatic carbocycles. The lowest BCUT2D eigenvalue weighted by Crippen LogP contribution is -2.46. The Balaban J connectivity index is 1.84. The van der Waals surface area contributed by atoms with Crippen molar-refractivity contribution < 1.29 is 9.59 Å². The van der Waals surface area contributed by atoms with Crippen LogP contribution in [-0.4, -0.2) is 43.0 Å². The molecule has 156 valence electrons. The molecule has 1 aromatic heterocycles. The Bertz CT molecular complexity index is 918. The number of piperazine rings is 1. The van der Waals surface area contributed by atoms with E-state index < -0.39 is 6.03 Å². The molecule has 1 fully saturated rings. The van der Waals surface area contributed by atoms with E-state index in [1.165, 1.54) is 11.3 Å². The maximum absolute atomic E-state index is 13.1. The fraction of sp³-hybridized carbons (Fsp3) is 0.400. The molecule has 1 saturated heterocycles. The minimum Gasteiger partial charge on any atom is -0.336 e. The highest BCUT2D eigenvalue weighted by Gasteiger charge is 2.27. The summed E-state index contributed by atoms with van der Waals surface area (Å²) in [5.74, 6) is -0.0747. The lowest BCUT2D eigenvalue weighted by Gasteiger charge is -2.27. The highest BCUT2D eigenvalue weighted by atomic mass is 35.5. The second kappa shape index (κ2) is 8.92. The number of nitrogens with zero attached hydrogens (tertiary/aromatic N) is 1. The van der Waals surface area contributed by atoms with Crippen molar-refractivity contribution in [3.05, 3.63) is 44.8 Å². The van der Waals surface area contributed by atoms with Crippen molar-refractivity contribution in [2.45, 2.75) is 26.2 Å². The molecule has 0 atom stereocenters. The highest BCUT2D eigenvalue weighted by molar-refractivity contribution is 7.16. The summed E-state index contributed by atoms with van der Waals surface area (Å²) in [4.78, 5) is 28.5. The zero-order valence-electron chi connectivity index (χ0n) is 16.6. The molecule has 0 radical (unpaired) electrons. The van der Waals surface area contributed by atoms with E-state index >= 15 is 0 Å². The first-order valence-corrected chi connectivity index (χ1v) is 10.9. The van der Waals surface area contributed by atoms with Gasteiger partial charge in [0.1, 0.15) is 5.00 Å². The summed E-state index contributed by atoms with van der Waals surface area (Å²) in [6, 6.07) is 6.41. The molecule has 2 aromatic rings. The van der Waals surface area contributed by atoms with Crippen molar-refractivity contribution in [2.75, 3.05) is 36.8 Å². The number of carbonyl (C=O) groups excluding carboxylic acids is 2. The molecule has 0 unspecified atom stereocenters. The van der Waals surface area contributed by atoms with Crippen molar-refractivity contribution in [2.24, 2.45) is 0 Å². The third-order valence-corrected chi connectivity index (χ3v) is 6.83. The first-order chi connectivity index (χ1) is 13.7. The van der Waals surface area contributed by atoms with Crippen LogP contribution in [0.4, 0.5) is 15.5 Å². The zero-order chi connectivity index (χ0) is 21.2. The van der Waals surface area contributed by atoms with Crippen LogP contribution in [0.2, 0.25) is 10.0 Å². The highest BCUT2D eigenvalue weighted by Crippen LogP contribution is 2.37. The molecule has 0 bridgehead atoms. The maximum atomic E-state index is 13.1. The van der Waals surface area contributed by atoms with Crippen LogP contribution >= 0.6 is 34.5 Å². The minimum atomic E-state index is -0.481. The summed E-state index contributed by atoms with van der Waals surface area (Å²) in [6.07, 6.45) is 0. The normalized spacial score (nSPS) is 14.6. The van der Waals surface area contributed by atoms with Gasteiger partial charge in [-0.3, -0.25) is 10.1 Å². The molecule has 3 N–H and O–H groups in total. The van der Waals surface area contributed by atoms with Gasteiger partial charge < -0.3 is 15.5 Å². The maximum Gasteiger partial charge on any atom is 0.324 e. The van der Waals surface area contributed by atoms with E-state index in [0.717, 1.165) is 18.0 Å². The smallest absolute Gasteiger partial charge is 0.324 e. The Morgan fingerprint density at radius 3 is 2.48 bits per heavy atom. The first-order valence-electron chi connectivity index (χ1n) is 9.33.